The van der Waals surface area contributed by atoms with Gasteiger partial charge in [0.25, 0.3) is 0 Å². The first-order valence-corrected chi connectivity index (χ1v) is 3.10. The smallest absolute Gasteiger partial charge is 0.198 e. The maximum absolute atomic E-state index is 5.37. The van der Waals surface area contributed by atoms with Crippen molar-refractivity contribution in [1.29, 1.82) is 0 Å². The summed E-state index contributed by atoms with van der Waals surface area (Å²) >= 11 is 10.5. The number of halogens is 2. The van der Waals surface area contributed by atoms with E-state index in [1.54, 1.807) is 0 Å². The molecule has 0 N–H and O–H groups in total. The molecule has 0 aromatic carbocycles. The molecule has 0 atom stereocenters. The van der Waals surface area contributed by atoms with Crippen LogP contribution in [-0.2, 0) is 4.74 Å². The summed E-state index contributed by atoms with van der Waals surface area (Å²) in [4.78, 5) is 0. The molecule has 0 heterocycles. The number of ether oxygens (including phenoxy) is 1. The Morgan fingerprint density at radius 2 is 2.12 bits per heavy atom. The molecule has 0 aliphatic heterocycles. The third kappa shape index (κ3) is 4.28. The molecule has 0 spiro atoms. The Balaban J connectivity index is 3.39. The molecule has 0 bridgehead atoms. The fraction of sp³-hybridized carbons (Fsp3) is 0.600. The van der Waals surface area contributed by atoms with Crippen molar-refractivity contribution in [1.82, 2.24) is 0 Å². The van der Waals surface area contributed by atoms with Gasteiger partial charge >= 0.3 is 0 Å². The van der Waals surface area contributed by atoms with Crippen molar-refractivity contribution in [2.75, 3.05) is 0 Å². The van der Waals surface area contributed by atoms with Gasteiger partial charge in [0.2, 0.25) is 0 Å². The van der Waals surface area contributed by atoms with E-state index in [-0.39, 0.29) is 11.3 Å². The van der Waals surface area contributed by atoms with E-state index in [4.69, 9.17) is 27.9 Å². The molecule has 0 saturated heterocycles. The average Bonchev–Trinajstić information content (AvgIpc) is 1.65. The number of rotatable bonds is 2. The molecule has 0 aromatic heterocycles. The fourth-order valence-electron chi connectivity index (χ4n) is 0.251. The summed E-state index contributed by atoms with van der Waals surface area (Å²) in [6, 6.07) is 0. The van der Waals surface area contributed by atoms with Crippen LogP contribution in [-0.4, -0.2) is 6.10 Å². The van der Waals surface area contributed by atoms with Gasteiger partial charge in [-0.1, -0.05) is 11.6 Å². The molecule has 0 unspecified atom stereocenters. The van der Waals surface area contributed by atoms with Crippen molar-refractivity contribution in [3.05, 3.63) is 10.8 Å². The molecule has 3 heteroatoms. The van der Waals surface area contributed by atoms with Crippen LogP contribution in [0.4, 0.5) is 0 Å². The molecule has 0 fully saturated rings. The molecule has 0 saturated carbocycles. The second-order valence-electron chi connectivity index (χ2n) is 1.58. The first kappa shape index (κ1) is 8.12. The van der Waals surface area contributed by atoms with Crippen LogP contribution in [0.25, 0.3) is 0 Å². The Bertz CT molecular complexity index is 88.4. The van der Waals surface area contributed by atoms with Gasteiger partial charge in [-0.05, 0) is 25.4 Å². The van der Waals surface area contributed by atoms with Crippen LogP contribution in [0, 0.1) is 0 Å². The van der Waals surface area contributed by atoms with Gasteiger partial charge in [0, 0.05) is 0 Å². The predicted octanol–water partition coefficient (Wildman–Crippen LogP) is 2.69. The van der Waals surface area contributed by atoms with Gasteiger partial charge in [0.15, 0.2) is 5.22 Å². The second kappa shape index (κ2) is 4.04. The highest BCUT2D eigenvalue weighted by atomic mass is 35.5. The Morgan fingerprint density at radius 3 is 2.25 bits per heavy atom. The number of hydrogen-bond acceptors (Lipinski definition) is 1. The van der Waals surface area contributed by atoms with Gasteiger partial charge in [-0.3, -0.25) is 0 Å². The first-order chi connectivity index (χ1) is 3.66. The van der Waals surface area contributed by atoms with Crippen molar-refractivity contribution < 1.29 is 4.74 Å². The molecule has 1 nitrogen and oxygen atoms in total. The molecule has 0 aliphatic rings. The van der Waals surface area contributed by atoms with Gasteiger partial charge in [0.1, 0.15) is 0 Å². The Hall–Kier alpha value is 0.120. The van der Waals surface area contributed by atoms with E-state index in [0.717, 1.165) is 0 Å². The highest BCUT2D eigenvalue weighted by molar-refractivity contribution is 6.35. The lowest BCUT2D eigenvalue weighted by Crippen LogP contribution is -1.97. The summed E-state index contributed by atoms with van der Waals surface area (Å²) in [5.74, 6) is 0. The van der Waals surface area contributed by atoms with Crippen molar-refractivity contribution in [3.8, 4) is 0 Å². The SMILES string of the molecule is CC(C)OC(Cl)=CCl. The zero-order valence-corrected chi connectivity index (χ0v) is 6.33. The normalized spacial score (nSPS) is 12.4. The van der Waals surface area contributed by atoms with Crippen molar-refractivity contribution in [2.24, 2.45) is 0 Å². The zero-order chi connectivity index (χ0) is 6.57. The zero-order valence-electron chi connectivity index (χ0n) is 4.82. The fourth-order valence-corrected chi connectivity index (χ4v) is 0.480. The summed E-state index contributed by atoms with van der Waals surface area (Å²) in [7, 11) is 0. The minimum absolute atomic E-state index is 0.0949. The molecule has 0 amide bonds. The van der Waals surface area contributed by atoms with Crippen LogP contribution in [0.5, 0.6) is 0 Å². The minimum Gasteiger partial charge on any atom is -0.480 e. The van der Waals surface area contributed by atoms with Crippen molar-refractivity contribution >= 4 is 23.2 Å². The lowest BCUT2D eigenvalue weighted by molar-refractivity contribution is 0.168. The van der Waals surface area contributed by atoms with E-state index < -0.39 is 0 Å². The summed E-state index contributed by atoms with van der Waals surface area (Å²) < 4.78 is 4.89. The van der Waals surface area contributed by atoms with Gasteiger partial charge in [-0.15, -0.1) is 0 Å². The largest absolute Gasteiger partial charge is 0.480 e. The molecule has 0 aliphatic carbocycles. The molecular weight excluding hydrogens is 147 g/mol. The quantitative estimate of drug-likeness (QED) is 0.557. The van der Waals surface area contributed by atoms with Crippen LogP contribution in [0.2, 0.25) is 0 Å². The Kier molecular flexibility index (Phi) is 4.11. The molecule has 48 valence electrons. The van der Waals surface area contributed by atoms with Crippen LogP contribution in [0.1, 0.15) is 13.8 Å². The lowest BCUT2D eigenvalue weighted by Gasteiger charge is -2.05. The monoisotopic (exact) mass is 154 g/mol. The maximum atomic E-state index is 5.37. The molecule has 0 radical (unpaired) electrons. The van der Waals surface area contributed by atoms with E-state index in [2.05, 4.69) is 0 Å². The first-order valence-electron chi connectivity index (χ1n) is 2.29. The number of hydrogen-bond donors (Lipinski definition) is 0. The molecule has 8 heavy (non-hydrogen) atoms. The van der Waals surface area contributed by atoms with Crippen LogP contribution >= 0.6 is 23.2 Å². The minimum atomic E-state index is 0.0949. The van der Waals surface area contributed by atoms with Crippen LogP contribution in [0.3, 0.4) is 0 Å². The van der Waals surface area contributed by atoms with Crippen molar-refractivity contribution in [2.45, 2.75) is 20.0 Å². The van der Waals surface area contributed by atoms with Gasteiger partial charge < -0.3 is 4.74 Å². The van der Waals surface area contributed by atoms with E-state index >= 15 is 0 Å². The standard InChI is InChI=1S/C5H8Cl2O/c1-4(2)8-5(7)3-6/h3-4H,1-2H3. The van der Waals surface area contributed by atoms with Gasteiger partial charge in [0.05, 0.1) is 11.6 Å². The summed E-state index contributed by atoms with van der Waals surface area (Å²) in [6.45, 7) is 3.76. The lowest BCUT2D eigenvalue weighted by atomic mass is 10.5. The third-order valence-electron chi connectivity index (χ3n) is 0.434. The highest BCUT2D eigenvalue weighted by Gasteiger charge is 1.93. The van der Waals surface area contributed by atoms with Gasteiger partial charge in [-0.25, -0.2) is 0 Å². The van der Waals surface area contributed by atoms with E-state index in [1.807, 2.05) is 13.8 Å². The Labute approximate surface area is 59.2 Å². The predicted molar refractivity (Wildman–Crippen MR) is 36.0 cm³/mol. The summed E-state index contributed by atoms with van der Waals surface area (Å²) in [5, 5.41) is 0.238. The third-order valence-corrected chi connectivity index (χ3v) is 0.942. The van der Waals surface area contributed by atoms with Crippen molar-refractivity contribution in [3.63, 3.8) is 0 Å². The highest BCUT2D eigenvalue weighted by Crippen LogP contribution is 2.07. The van der Waals surface area contributed by atoms with E-state index in [9.17, 15) is 0 Å². The Morgan fingerprint density at radius 1 is 1.62 bits per heavy atom. The molecule has 0 rings (SSSR count). The maximum Gasteiger partial charge on any atom is 0.198 e. The van der Waals surface area contributed by atoms with E-state index in [0.29, 0.717) is 0 Å². The molecule has 0 aromatic rings. The van der Waals surface area contributed by atoms with Gasteiger partial charge in [-0.2, -0.15) is 0 Å². The second-order valence-corrected chi connectivity index (χ2v) is 2.17. The van der Waals surface area contributed by atoms with E-state index in [1.165, 1.54) is 5.54 Å². The molecular formula is C5H8Cl2O. The van der Waals surface area contributed by atoms with Crippen LogP contribution < -0.4 is 0 Å². The topological polar surface area (TPSA) is 9.23 Å². The van der Waals surface area contributed by atoms with Crippen LogP contribution in [0.15, 0.2) is 10.8 Å². The average molecular weight is 155 g/mol. The summed E-state index contributed by atoms with van der Waals surface area (Å²) in [6.07, 6.45) is 0.0949. The summed E-state index contributed by atoms with van der Waals surface area (Å²) in [5.41, 5.74) is 1.20.